The molecule has 0 aromatic carbocycles. The predicted octanol–water partition coefficient (Wildman–Crippen LogP) is 1.13. The van der Waals surface area contributed by atoms with Gasteiger partial charge in [0.25, 0.3) is 5.56 Å². The fourth-order valence-corrected chi connectivity index (χ4v) is 1.85. The average molecular weight is 258 g/mol. The Labute approximate surface area is 90.5 Å². The third kappa shape index (κ3) is 2.22. The van der Waals surface area contributed by atoms with Crippen LogP contribution in [0.25, 0.3) is 0 Å². The van der Waals surface area contributed by atoms with Gasteiger partial charge in [-0.2, -0.15) is 0 Å². The van der Waals surface area contributed by atoms with E-state index in [1.54, 1.807) is 6.20 Å². The zero-order valence-corrected chi connectivity index (χ0v) is 9.38. The summed E-state index contributed by atoms with van der Waals surface area (Å²) in [6.07, 6.45) is 4.06. The van der Waals surface area contributed by atoms with Crippen LogP contribution in [0.4, 0.5) is 0 Å². The van der Waals surface area contributed by atoms with Gasteiger partial charge in [0, 0.05) is 6.20 Å². The summed E-state index contributed by atoms with van der Waals surface area (Å²) in [5.41, 5.74) is -0.103. The van der Waals surface area contributed by atoms with Gasteiger partial charge in [0.1, 0.15) is 10.3 Å². The molecule has 1 N–H and O–H groups in total. The minimum atomic E-state index is -0.103. The molecule has 0 saturated carbocycles. The third-order valence-electron chi connectivity index (χ3n) is 2.38. The molecular formula is C9H12BrN3O. The number of hydrogen-bond donors (Lipinski definition) is 1. The van der Waals surface area contributed by atoms with Crippen LogP contribution in [0.1, 0.15) is 18.7 Å². The van der Waals surface area contributed by atoms with Crippen molar-refractivity contribution >= 4 is 15.9 Å². The molecule has 0 unspecified atom stereocenters. The minimum absolute atomic E-state index is 0.103. The van der Waals surface area contributed by atoms with Gasteiger partial charge >= 0.3 is 0 Å². The van der Waals surface area contributed by atoms with Crippen molar-refractivity contribution in [2.24, 2.45) is 0 Å². The highest BCUT2D eigenvalue weighted by Crippen LogP contribution is 2.09. The fraction of sp³-hybridized carbons (Fsp3) is 0.556. The molecule has 1 aliphatic heterocycles. The van der Waals surface area contributed by atoms with Crippen LogP contribution in [-0.2, 0) is 6.54 Å². The Balaban J connectivity index is 2.09. The van der Waals surface area contributed by atoms with Gasteiger partial charge in [-0.15, -0.1) is 0 Å². The molecule has 0 atom stereocenters. The van der Waals surface area contributed by atoms with Crippen LogP contribution in [0.5, 0.6) is 0 Å². The molecule has 1 aromatic heterocycles. The van der Waals surface area contributed by atoms with Crippen LogP contribution in [0, 0.1) is 0 Å². The highest BCUT2D eigenvalue weighted by Gasteiger charge is 2.12. The van der Waals surface area contributed by atoms with Crippen molar-refractivity contribution in [2.75, 3.05) is 13.1 Å². The van der Waals surface area contributed by atoms with E-state index >= 15 is 0 Å². The lowest BCUT2D eigenvalue weighted by Gasteiger charge is -2.12. The Morgan fingerprint density at radius 1 is 1.50 bits per heavy atom. The molecule has 2 heterocycles. The van der Waals surface area contributed by atoms with Gasteiger partial charge in [-0.25, -0.2) is 4.98 Å². The molecule has 14 heavy (non-hydrogen) atoms. The van der Waals surface area contributed by atoms with E-state index < -0.39 is 0 Å². The maximum atomic E-state index is 11.3. The van der Waals surface area contributed by atoms with Crippen molar-refractivity contribution in [3.63, 3.8) is 0 Å². The molecule has 2 rings (SSSR count). The summed E-state index contributed by atoms with van der Waals surface area (Å²) < 4.78 is 0.489. The maximum Gasteiger partial charge on any atom is 0.265 e. The quantitative estimate of drug-likeness (QED) is 0.865. The van der Waals surface area contributed by atoms with Gasteiger partial charge in [0.05, 0.1) is 6.54 Å². The number of halogens is 1. The number of aromatic amines is 1. The second kappa shape index (κ2) is 4.23. The van der Waals surface area contributed by atoms with E-state index in [1.165, 1.54) is 12.8 Å². The zero-order valence-electron chi connectivity index (χ0n) is 7.79. The van der Waals surface area contributed by atoms with E-state index in [0.29, 0.717) is 4.47 Å². The lowest BCUT2D eigenvalue weighted by Crippen LogP contribution is -2.22. The van der Waals surface area contributed by atoms with E-state index in [1.807, 2.05) is 0 Å². The summed E-state index contributed by atoms with van der Waals surface area (Å²) in [4.78, 5) is 20.5. The first-order valence-corrected chi connectivity index (χ1v) is 5.51. The van der Waals surface area contributed by atoms with Crippen molar-refractivity contribution in [1.29, 1.82) is 0 Å². The molecule has 76 valence electrons. The summed E-state index contributed by atoms with van der Waals surface area (Å²) in [7, 11) is 0. The summed E-state index contributed by atoms with van der Waals surface area (Å²) in [6.45, 7) is 2.97. The van der Waals surface area contributed by atoms with Gasteiger partial charge < -0.3 is 4.98 Å². The first kappa shape index (κ1) is 9.86. The van der Waals surface area contributed by atoms with Crippen LogP contribution in [0.2, 0.25) is 0 Å². The van der Waals surface area contributed by atoms with Crippen LogP contribution >= 0.6 is 15.9 Å². The number of hydrogen-bond acceptors (Lipinski definition) is 3. The lowest BCUT2D eigenvalue weighted by molar-refractivity contribution is 0.322. The van der Waals surface area contributed by atoms with E-state index in [0.717, 1.165) is 25.5 Å². The zero-order chi connectivity index (χ0) is 9.97. The minimum Gasteiger partial charge on any atom is -0.308 e. The summed E-state index contributed by atoms with van der Waals surface area (Å²) >= 11 is 3.12. The SMILES string of the molecule is O=c1[nH]c(CN2CCCC2)ncc1Br. The van der Waals surface area contributed by atoms with E-state index in [-0.39, 0.29) is 5.56 Å². The van der Waals surface area contributed by atoms with Crippen LogP contribution in [0.15, 0.2) is 15.5 Å². The van der Waals surface area contributed by atoms with Gasteiger partial charge in [0.15, 0.2) is 0 Å². The van der Waals surface area contributed by atoms with Crippen LogP contribution in [-0.4, -0.2) is 28.0 Å². The Hall–Kier alpha value is -0.680. The van der Waals surface area contributed by atoms with Crippen molar-refractivity contribution < 1.29 is 0 Å². The van der Waals surface area contributed by atoms with Crippen LogP contribution < -0.4 is 5.56 Å². The molecule has 5 heteroatoms. The Bertz CT molecular complexity index is 371. The molecular weight excluding hydrogens is 246 g/mol. The van der Waals surface area contributed by atoms with Crippen molar-refractivity contribution in [3.05, 3.63) is 26.8 Å². The molecule has 1 fully saturated rings. The van der Waals surface area contributed by atoms with Crippen molar-refractivity contribution in [3.8, 4) is 0 Å². The summed E-state index contributed by atoms with van der Waals surface area (Å²) in [5.74, 6) is 0.750. The van der Waals surface area contributed by atoms with Gasteiger partial charge in [-0.1, -0.05) is 0 Å². The van der Waals surface area contributed by atoms with E-state index in [4.69, 9.17) is 0 Å². The normalized spacial score (nSPS) is 17.5. The summed E-state index contributed by atoms with van der Waals surface area (Å²) in [5, 5.41) is 0. The van der Waals surface area contributed by atoms with E-state index in [9.17, 15) is 4.79 Å². The monoisotopic (exact) mass is 257 g/mol. The molecule has 1 saturated heterocycles. The second-order valence-corrected chi connectivity index (χ2v) is 4.34. The fourth-order valence-electron chi connectivity index (χ4n) is 1.65. The highest BCUT2D eigenvalue weighted by atomic mass is 79.9. The number of likely N-dealkylation sites (tertiary alicyclic amines) is 1. The third-order valence-corrected chi connectivity index (χ3v) is 2.95. The Morgan fingerprint density at radius 3 is 2.86 bits per heavy atom. The number of H-pyrrole nitrogens is 1. The number of rotatable bonds is 2. The average Bonchev–Trinajstić information content (AvgIpc) is 2.64. The molecule has 4 nitrogen and oxygen atoms in total. The maximum absolute atomic E-state index is 11.3. The predicted molar refractivity (Wildman–Crippen MR) is 57.1 cm³/mol. The lowest BCUT2D eigenvalue weighted by atomic mass is 10.4. The first-order valence-electron chi connectivity index (χ1n) is 4.72. The van der Waals surface area contributed by atoms with Gasteiger partial charge in [0.2, 0.25) is 0 Å². The number of nitrogens with zero attached hydrogens (tertiary/aromatic N) is 2. The molecule has 1 aliphatic rings. The highest BCUT2D eigenvalue weighted by molar-refractivity contribution is 9.10. The van der Waals surface area contributed by atoms with Crippen LogP contribution in [0.3, 0.4) is 0 Å². The van der Waals surface area contributed by atoms with Gasteiger partial charge in [-0.3, -0.25) is 9.69 Å². The molecule has 0 bridgehead atoms. The van der Waals surface area contributed by atoms with E-state index in [2.05, 4.69) is 30.8 Å². The number of nitrogens with one attached hydrogen (secondary N) is 1. The van der Waals surface area contributed by atoms with Gasteiger partial charge in [-0.05, 0) is 41.9 Å². The Kier molecular flexibility index (Phi) is 2.98. The van der Waals surface area contributed by atoms with Crippen molar-refractivity contribution in [2.45, 2.75) is 19.4 Å². The largest absolute Gasteiger partial charge is 0.308 e. The van der Waals surface area contributed by atoms with Crippen molar-refractivity contribution in [1.82, 2.24) is 14.9 Å². The molecule has 0 radical (unpaired) electrons. The first-order chi connectivity index (χ1) is 6.75. The smallest absolute Gasteiger partial charge is 0.265 e. The molecule has 1 aromatic rings. The molecule has 0 amide bonds. The Morgan fingerprint density at radius 2 is 2.21 bits per heavy atom. The summed E-state index contributed by atoms with van der Waals surface area (Å²) in [6, 6.07) is 0. The molecule has 0 spiro atoms. The topological polar surface area (TPSA) is 49.0 Å². The number of aromatic nitrogens is 2. The standard InChI is InChI=1S/C9H12BrN3O/c10-7-5-11-8(12-9(7)14)6-13-3-1-2-4-13/h5H,1-4,6H2,(H,11,12,14). The second-order valence-electron chi connectivity index (χ2n) is 3.49. The molecule has 0 aliphatic carbocycles.